The molecule has 0 saturated heterocycles. The van der Waals surface area contributed by atoms with Crippen molar-refractivity contribution in [1.82, 2.24) is 20.8 Å². The predicted octanol–water partition coefficient (Wildman–Crippen LogP) is 0.453. The van der Waals surface area contributed by atoms with Gasteiger partial charge in [0.1, 0.15) is 6.33 Å². The first kappa shape index (κ1) is 12.7. The largest absolute Gasteiger partial charge is 0.481 e. The number of nitrogens with zero attached hydrogens (tertiary/aromatic N) is 2. The number of nitrogens with one attached hydrogen (secondary N) is 2. The lowest BCUT2D eigenvalue weighted by Crippen LogP contribution is -2.44. The van der Waals surface area contributed by atoms with Crippen LogP contribution in [0.5, 0.6) is 11.8 Å². The fraction of sp³-hybridized carbons (Fsp3) is 0.600. The molecule has 1 heterocycles. The number of aromatic nitrogens is 2. The molecular weight excluding hydrogens is 208 g/mol. The Morgan fingerprint density at radius 1 is 1.12 bits per heavy atom. The van der Waals surface area contributed by atoms with E-state index in [4.69, 9.17) is 9.47 Å². The van der Waals surface area contributed by atoms with Gasteiger partial charge in [0.05, 0.1) is 25.3 Å². The zero-order chi connectivity index (χ0) is 12.2. The van der Waals surface area contributed by atoms with Crippen LogP contribution in [0.1, 0.15) is 19.4 Å². The maximum absolute atomic E-state index is 5.22. The summed E-state index contributed by atoms with van der Waals surface area (Å²) in [5.74, 6) is 0.999. The summed E-state index contributed by atoms with van der Waals surface area (Å²) in [6.45, 7) is 3.96. The van der Waals surface area contributed by atoms with Gasteiger partial charge in [0, 0.05) is 0 Å². The lowest BCUT2D eigenvalue weighted by atomic mass is 9.97. The topological polar surface area (TPSA) is 68.3 Å². The molecule has 0 saturated carbocycles. The molecule has 0 spiro atoms. The van der Waals surface area contributed by atoms with Crippen molar-refractivity contribution in [3.05, 3.63) is 11.9 Å². The summed E-state index contributed by atoms with van der Waals surface area (Å²) < 4.78 is 10.4. The molecule has 6 nitrogen and oxygen atoms in total. The Balaban J connectivity index is 3.27. The number of hydrogen-bond acceptors (Lipinski definition) is 6. The van der Waals surface area contributed by atoms with Crippen LogP contribution < -0.4 is 20.3 Å². The van der Waals surface area contributed by atoms with Crippen LogP contribution in [0.4, 0.5) is 0 Å². The van der Waals surface area contributed by atoms with E-state index in [1.54, 1.807) is 21.3 Å². The monoisotopic (exact) mass is 226 g/mol. The summed E-state index contributed by atoms with van der Waals surface area (Å²) in [4.78, 5) is 8.15. The molecule has 1 aromatic heterocycles. The number of methoxy groups -OCH3 is 2. The molecule has 0 bridgehead atoms. The van der Waals surface area contributed by atoms with E-state index < -0.39 is 5.54 Å². The van der Waals surface area contributed by atoms with Gasteiger partial charge in [-0.15, -0.1) is 0 Å². The van der Waals surface area contributed by atoms with Gasteiger partial charge < -0.3 is 9.47 Å². The first-order valence-electron chi connectivity index (χ1n) is 4.94. The normalized spacial score (nSPS) is 11.3. The van der Waals surface area contributed by atoms with Crippen molar-refractivity contribution in [2.75, 3.05) is 21.3 Å². The van der Waals surface area contributed by atoms with Gasteiger partial charge in [0.25, 0.3) is 0 Å². The van der Waals surface area contributed by atoms with Crippen molar-refractivity contribution in [3.8, 4) is 11.8 Å². The van der Waals surface area contributed by atoms with E-state index >= 15 is 0 Å². The summed E-state index contributed by atoms with van der Waals surface area (Å²) in [7, 11) is 4.94. The van der Waals surface area contributed by atoms with Crippen LogP contribution in [-0.4, -0.2) is 31.2 Å². The zero-order valence-corrected chi connectivity index (χ0v) is 10.3. The van der Waals surface area contributed by atoms with E-state index in [0.29, 0.717) is 11.8 Å². The van der Waals surface area contributed by atoms with Gasteiger partial charge in [0.2, 0.25) is 11.8 Å². The molecule has 0 atom stereocenters. The van der Waals surface area contributed by atoms with Gasteiger partial charge in [-0.2, -0.15) is 0 Å². The number of hydrazine groups is 1. The van der Waals surface area contributed by atoms with Crippen LogP contribution in [0.2, 0.25) is 0 Å². The second kappa shape index (κ2) is 5.09. The average Bonchev–Trinajstić information content (AvgIpc) is 2.27. The van der Waals surface area contributed by atoms with E-state index in [-0.39, 0.29) is 0 Å². The van der Waals surface area contributed by atoms with Gasteiger partial charge >= 0.3 is 0 Å². The zero-order valence-electron chi connectivity index (χ0n) is 10.3. The molecule has 90 valence electrons. The highest BCUT2D eigenvalue weighted by atomic mass is 16.5. The van der Waals surface area contributed by atoms with Crippen molar-refractivity contribution >= 4 is 0 Å². The van der Waals surface area contributed by atoms with Crippen molar-refractivity contribution in [1.29, 1.82) is 0 Å². The quantitative estimate of drug-likeness (QED) is 0.711. The van der Waals surface area contributed by atoms with Crippen LogP contribution in [0.25, 0.3) is 0 Å². The summed E-state index contributed by atoms with van der Waals surface area (Å²) in [5.41, 5.74) is 6.35. The van der Waals surface area contributed by atoms with Gasteiger partial charge in [-0.1, -0.05) is 0 Å². The molecule has 0 fully saturated rings. The summed E-state index contributed by atoms with van der Waals surface area (Å²) in [6.07, 6.45) is 1.41. The Kier molecular flexibility index (Phi) is 4.03. The third kappa shape index (κ3) is 2.40. The molecule has 0 radical (unpaired) electrons. The van der Waals surface area contributed by atoms with Crippen molar-refractivity contribution < 1.29 is 9.47 Å². The number of ether oxygens (including phenoxy) is 2. The van der Waals surface area contributed by atoms with Crippen molar-refractivity contribution in [2.45, 2.75) is 19.4 Å². The first-order chi connectivity index (χ1) is 7.56. The van der Waals surface area contributed by atoms with Gasteiger partial charge in [0.15, 0.2) is 0 Å². The van der Waals surface area contributed by atoms with E-state index in [9.17, 15) is 0 Å². The molecule has 0 aliphatic heterocycles. The minimum atomic E-state index is -0.410. The summed E-state index contributed by atoms with van der Waals surface area (Å²) in [6, 6.07) is 0. The molecule has 16 heavy (non-hydrogen) atoms. The predicted molar refractivity (Wildman–Crippen MR) is 60.4 cm³/mol. The second-order valence-corrected chi connectivity index (χ2v) is 3.77. The van der Waals surface area contributed by atoms with E-state index in [2.05, 4.69) is 20.8 Å². The maximum atomic E-state index is 5.22. The highest BCUT2D eigenvalue weighted by molar-refractivity contribution is 5.40. The Bertz CT molecular complexity index is 332. The van der Waals surface area contributed by atoms with Crippen LogP contribution in [-0.2, 0) is 5.54 Å². The van der Waals surface area contributed by atoms with Crippen molar-refractivity contribution in [2.24, 2.45) is 0 Å². The Morgan fingerprint density at radius 2 is 1.62 bits per heavy atom. The van der Waals surface area contributed by atoms with Gasteiger partial charge in [-0.25, -0.2) is 15.4 Å². The van der Waals surface area contributed by atoms with Gasteiger partial charge in [-0.3, -0.25) is 5.43 Å². The number of rotatable bonds is 5. The van der Waals surface area contributed by atoms with Crippen LogP contribution in [0.15, 0.2) is 6.33 Å². The van der Waals surface area contributed by atoms with E-state index in [0.717, 1.165) is 5.56 Å². The standard InChI is InChI=1S/C10H18N4O2/c1-10(2,14-11-3)7-8(15-4)12-6-13-9(7)16-5/h6,11,14H,1-5H3. The minimum Gasteiger partial charge on any atom is -0.481 e. The van der Waals surface area contributed by atoms with Crippen molar-refractivity contribution in [3.63, 3.8) is 0 Å². The lowest BCUT2D eigenvalue weighted by Gasteiger charge is -2.28. The molecule has 0 aliphatic rings. The lowest BCUT2D eigenvalue weighted by molar-refractivity contribution is 0.300. The molecule has 1 aromatic rings. The molecule has 2 N–H and O–H groups in total. The smallest absolute Gasteiger partial charge is 0.225 e. The highest BCUT2D eigenvalue weighted by Gasteiger charge is 2.29. The Hall–Kier alpha value is -1.40. The van der Waals surface area contributed by atoms with Gasteiger partial charge in [-0.05, 0) is 20.9 Å². The fourth-order valence-corrected chi connectivity index (χ4v) is 1.57. The highest BCUT2D eigenvalue weighted by Crippen LogP contribution is 2.33. The second-order valence-electron chi connectivity index (χ2n) is 3.77. The number of hydrogen-bond donors (Lipinski definition) is 2. The SMILES string of the molecule is CNNC(C)(C)c1c(OC)ncnc1OC. The molecule has 0 unspecified atom stereocenters. The summed E-state index contributed by atoms with van der Waals surface area (Å²) in [5, 5.41) is 0. The molecule has 0 aliphatic carbocycles. The molecule has 0 amide bonds. The third-order valence-corrected chi connectivity index (χ3v) is 2.23. The Morgan fingerprint density at radius 3 is 2.00 bits per heavy atom. The summed E-state index contributed by atoms with van der Waals surface area (Å²) >= 11 is 0. The fourth-order valence-electron chi connectivity index (χ4n) is 1.57. The first-order valence-corrected chi connectivity index (χ1v) is 4.94. The molecule has 6 heteroatoms. The molecule has 1 rings (SSSR count). The average molecular weight is 226 g/mol. The molecular formula is C10H18N4O2. The van der Waals surface area contributed by atoms with Crippen LogP contribution in [0, 0.1) is 0 Å². The minimum absolute atomic E-state index is 0.410. The van der Waals surface area contributed by atoms with E-state index in [1.807, 2.05) is 13.8 Å². The molecule has 0 aromatic carbocycles. The van der Waals surface area contributed by atoms with Crippen LogP contribution in [0.3, 0.4) is 0 Å². The van der Waals surface area contributed by atoms with E-state index in [1.165, 1.54) is 6.33 Å². The maximum Gasteiger partial charge on any atom is 0.225 e. The third-order valence-electron chi connectivity index (χ3n) is 2.23. The van der Waals surface area contributed by atoms with Crippen LogP contribution >= 0.6 is 0 Å². The Labute approximate surface area is 95.4 Å².